The molecule has 1 aliphatic heterocycles. The summed E-state index contributed by atoms with van der Waals surface area (Å²) in [4.78, 5) is 12.5. The summed E-state index contributed by atoms with van der Waals surface area (Å²) in [5.74, 6) is -0.365. The van der Waals surface area contributed by atoms with Gasteiger partial charge in [-0.25, -0.2) is 0 Å². The lowest BCUT2D eigenvalue weighted by molar-refractivity contribution is -0.137. The molecule has 2 rings (SSSR count). The van der Waals surface area contributed by atoms with Crippen LogP contribution in [-0.2, 0) is 6.18 Å². The van der Waals surface area contributed by atoms with Gasteiger partial charge in [0.25, 0.3) is 0 Å². The van der Waals surface area contributed by atoms with Crippen LogP contribution in [0, 0.1) is 5.41 Å². The lowest BCUT2D eigenvalue weighted by Crippen LogP contribution is -2.45. The van der Waals surface area contributed by atoms with E-state index in [0.717, 1.165) is 29.7 Å². The fraction of sp³-hybridized carbons (Fsp3) is 0.615. The van der Waals surface area contributed by atoms with E-state index in [9.17, 15) is 18.0 Å². The topological polar surface area (TPSA) is 29.1 Å². The zero-order chi connectivity index (χ0) is 14.1. The highest BCUT2D eigenvalue weighted by molar-refractivity contribution is 7.08. The van der Waals surface area contributed by atoms with Crippen LogP contribution in [0.3, 0.4) is 0 Å². The molecule has 1 atom stereocenters. The second kappa shape index (κ2) is 5.25. The van der Waals surface area contributed by atoms with Gasteiger partial charge >= 0.3 is 6.18 Å². The molecule has 6 heteroatoms. The normalized spacial score (nSPS) is 24.4. The zero-order valence-corrected chi connectivity index (χ0v) is 11.5. The van der Waals surface area contributed by atoms with E-state index in [1.54, 1.807) is 0 Å². The highest BCUT2D eigenvalue weighted by Gasteiger charge is 2.43. The first-order valence-corrected chi connectivity index (χ1v) is 7.24. The van der Waals surface area contributed by atoms with Gasteiger partial charge in [-0.3, -0.25) is 4.79 Å². The molecule has 0 spiro atoms. The van der Waals surface area contributed by atoms with Gasteiger partial charge < -0.3 is 5.32 Å². The molecule has 1 saturated heterocycles. The number of ketones is 1. The molecule has 1 aliphatic rings. The number of carbonyl (C=O) groups excluding carboxylic acids is 1. The van der Waals surface area contributed by atoms with Crippen LogP contribution in [0.5, 0.6) is 0 Å². The molecule has 0 aromatic carbocycles. The molecule has 19 heavy (non-hydrogen) atoms. The van der Waals surface area contributed by atoms with Crippen molar-refractivity contribution in [3.05, 3.63) is 21.9 Å². The number of alkyl halides is 3. The second-order valence-electron chi connectivity index (χ2n) is 4.94. The minimum absolute atomic E-state index is 0.164. The van der Waals surface area contributed by atoms with Crippen LogP contribution in [0.2, 0.25) is 0 Å². The van der Waals surface area contributed by atoms with Crippen molar-refractivity contribution in [2.45, 2.75) is 32.4 Å². The van der Waals surface area contributed by atoms with Crippen LogP contribution in [0.15, 0.2) is 10.8 Å². The summed E-state index contributed by atoms with van der Waals surface area (Å²) in [6.07, 6.45) is -2.42. The quantitative estimate of drug-likeness (QED) is 0.860. The molecule has 1 unspecified atom stereocenters. The first-order chi connectivity index (χ1) is 8.91. The van der Waals surface area contributed by atoms with Crippen molar-refractivity contribution in [2.24, 2.45) is 5.41 Å². The number of hydrogen-bond acceptors (Lipinski definition) is 3. The maximum Gasteiger partial charge on any atom is 0.417 e. The van der Waals surface area contributed by atoms with E-state index in [1.807, 2.05) is 6.92 Å². The van der Waals surface area contributed by atoms with Crippen molar-refractivity contribution < 1.29 is 18.0 Å². The van der Waals surface area contributed by atoms with Crippen LogP contribution in [0.25, 0.3) is 0 Å². The Morgan fingerprint density at radius 3 is 2.74 bits per heavy atom. The van der Waals surface area contributed by atoms with Crippen LogP contribution in [0.1, 0.15) is 42.1 Å². The van der Waals surface area contributed by atoms with E-state index >= 15 is 0 Å². The summed E-state index contributed by atoms with van der Waals surface area (Å²) >= 11 is 0.933. The average Bonchev–Trinajstić information content (AvgIpc) is 2.87. The SMILES string of the molecule is CCC1(C(=O)c2cscc2C(F)(F)F)CCCNC1. The van der Waals surface area contributed by atoms with E-state index in [4.69, 9.17) is 0 Å². The van der Waals surface area contributed by atoms with E-state index in [2.05, 4.69) is 5.32 Å². The summed E-state index contributed by atoms with van der Waals surface area (Å²) in [5.41, 5.74) is -1.64. The van der Waals surface area contributed by atoms with Crippen molar-refractivity contribution in [3.63, 3.8) is 0 Å². The van der Waals surface area contributed by atoms with Crippen molar-refractivity contribution in [2.75, 3.05) is 13.1 Å². The average molecular weight is 291 g/mol. The largest absolute Gasteiger partial charge is 0.417 e. The maximum atomic E-state index is 12.9. The molecule has 1 fully saturated rings. The molecular weight excluding hydrogens is 275 g/mol. The minimum Gasteiger partial charge on any atom is -0.316 e. The summed E-state index contributed by atoms with van der Waals surface area (Å²) in [6, 6.07) is 0. The Hall–Kier alpha value is -0.880. The third-order valence-electron chi connectivity index (χ3n) is 3.84. The second-order valence-corrected chi connectivity index (χ2v) is 5.68. The number of hydrogen-bond donors (Lipinski definition) is 1. The molecule has 1 aromatic heterocycles. The lowest BCUT2D eigenvalue weighted by atomic mass is 9.72. The van der Waals surface area contributed by atoms with Gasteiger partial charge in [0.1, 0.15) is 0 Å². The van der Waals surface area contributed by atoms with Crippen LogP contribution < -0.4 is 5.32 Å². The Balaban J connectivity index is 2.36. The summed E-state index contributed by atoms with van der Waals surface area (Å²) < 4.78 is 38.6. The molecule has 0 radical (unpaired) electrons. The van der Waals surface area contributed by atoms with Crippen molar-refractivity contribution >= 4 is 17.1 Å². The predicted octanol–water partition coefficient (Wildman–Crippen LogP) is 3.73. The highest BCUT2D eigenvalue weighted by Crippen LogP contribution is 2.40. The van der Waals surface area contributed by atoms with Gasteiger partial charge in [-0.2, -0.15) is 24.5 Å². The Bertz CT molecular complexity index is 461. The first kappa shape index (κ1) is 14.5. The fourth-order valence-corrected chi connectivity index (χ4v) is 3.44. The van der Waals surface area contributed by atoms with Crippen molar-refractivity contribution in [3.8, 4) is 0 Å². The van der Waals surface area contributed by atoms with E-state index in [0.29, 0.717) is 19.4 Å². The Morgan fingerprint density at radius 2 is 2.21 bits per heavy atom. The highest BCUT2D eigenvalue weighted by atomic mass is 32.1. The standard InChI is InChI=1S/C13H16F3NOS/c1-2-12(4-3-5-17-8-12)11(18)9-6-19-7-10(9)13(14,15)16/h6-7,17H,2-5,8H2,1H3. The molecule has 0 saturated carbocycles. The fourth-order valence-electron chi connectivity index (χ4n) is 2.60. The van der Waals surface area contributed by atoms with Crippen LogP contribution in [-0.4, -0.2) is 18.9 Å². The molecule has 1 N–H and O–H groups in total. The van der Waals surface area contributed by atoms with Gasteiger partial charge in [0.2, 0.25) is 0 Å². The minimum atomic E-state index is -4.46. The molecule has 2 heterocycles. The summed E-state index contributed by atoms with van der Waals surface area (Å²) in [7, 11) is 0. The number of piperidine rings is 1. The Labute approximate surface area is 114 Å². The van der Waals surface area contributed by atoms with Gasteiger partial charge in [0.15, 0.2) is 5.78 Å². The molecule has 0 bridgehead atoms. The number of halogens is 3. The number of carbonyl (C=O) groups is 1. The van der Waals surface area contributed by atoms with Crippen molar-refractivity contribution in [1.82, 2.24) is 5.32 Å². The smallest absolute Gasteiger partial charge is 0.316 e. The van der Waals surface area contributed by atoms with Gasteiger partial charge in [-0.05, 0) is 25.8 Å². The van der Waals surface area contributed by atoms with Crippen LogP contribution in [0.4, 0.5) is 13.2 Å². The third kappa shape index (κ3) is 2.69. The lowest BCUT2D eigenvalue weighted by Gasteiger charge is -2.35. The first-order valence-electron chi connectivity index (χ1n) is 6.29. The zero-order valence-electron chi connectivity index (χ0n) is 10.6. The number of rotatable bonds is 3. The monoisotopic (exact) mass is 291 g/mol. The van der Waals surface area contributed by atoms with Gasteiger partial charge in [-0.15, -0.1) is 0 Å². The number of thiophene rings is 1. The molecule has 0 aliphatic carbocycles. The number of nitrogens with one attached hydrogen (secondary N) is 1. The van der Waals surface area contributed by atoms with Crippen LogP contribution >= 0.6 is 11.3 Å². The Morgan fingerprint density at radius 1 is 1.47 bits per heavy atom. The number of Topliss-reactive ketones (excluding diaryl/α,β-unsaturated/α-hetero) is 1. The molecular formula is C13H16F3NOS. The molecule has 106 valence electrons. The Kier molecular flexibility index (Phi) is 4.01. The summed E-state index contributed by atoms with van der Waals surface area (Å²) in [6.45, 7) is 3.16. The maximum absolute atomic E-state index is 12.9. The molecule has 1 aromatic rings. The molecule has 2 nitrogen and oxygen atoms in total. The van der Waals surface area contributed by atoms with Gasteiger partial charge in [0, 0.05) is 28.3 Å². The molecule has 0 amide bonds. The van der Waals surface area contributed by atoms with E-state index < -0.39 is 17.2 Å². The van der Waals surface area contributed by atoms with E-state index in [1.165, 1.54) is 5.38 Å². The predicted molar refractivity (Wildman–Crippen MR) is 68.5 cm³/mol. The summed E-state index contributed by atoms with van der Waals surface area (Å²) in [5, 5.41) is 5.48. The van der Waals surface area contributed by atoms with E-state index in [-0.39, 0.29) is 11.3 Å². The van der Waals surface area contributed by atoms with Gasteiger partial charge in [0.05, 0.1) is 5.56 Å². The third-order valence-corrected chi connectivity index (χ3v) is 4.59. The van der Waals surface area contributed by atoms with Crippen molar-refractivity contribution in [1.29, 1.82) is 0 Å². The van der Waals surface area contributed by atoms with Gasteiger partial charge in [-0.1, -0.05) is 6.92 Å².